The highest BCUT2D eigenvalue weighted by Crippen LogP contribution is 2.34. The number of nitrogens with zero attached hydrogens (tertiary/aromatic N) is 1. The number of hydrogen-bond acceptors (Lipinski definition) is 4. The molecule has 24 heavy (non-hydrogen) atoms. The van der Waals surface area contributed by atoms with E-state index in [-0.39, 0.29) is 35.2 Å². The van der Waals surface area contributed by atoms with Crippen molar-refractivity contribution in [1.82, 2.24) is 5.48 Å². The lowest BCUT2D eigenvalue weighted by Crippen LogP contribution is -2.38. The average Bonchev–Trinajstić information content (AvgIpc) is 2.60. The third-order valence-electron chi connectivity index (χ3n) is 3.63. The summed E-state index contributed by atoms with van der Waals surface area (Å²) in [5.74, 6) is -1.34. The first-order valence-electron chi connectivity index (χ1n) is 6.96. The highest BCUT2D eigenvalue weighted by atomic mass is 35.5. The monoisotopic (exact) mass is 350 g/mol. The van der Waals surface area contributed by atoms with Crippen LogP contribution in [0.2, 0.25) is 5.02 Å². The average molecular weight is 351 g/mol. The van der Waals surface area contributed by atoms with E-state index in [0.717, 1.165) is 0 Å². The second-order valence-electron chi connectivity index (χ2n) is 5.10. The number of hydrogen-bond donors (Lipinski definition) is 2. The summed E-state index contributed by atoms with van der Waals surface area (Å²) in [4.78, 5) is 25.1. The molecule has 0 spiro atoms. The molecule has 0 bridgehead atoms. The van der Waals surface area contributed by atoms with Crippen molar-refractivity contribution in [2.75, 3.05) is 11.5 Å². The highest BCUT2D eigenvalue weighted by Gasteiger charge is 2.27. The van der Waals surface area contributed by atoms with Gasteiger partial charge in [-0.15, -0.1) is 0 Å². The summed E-state index contributed by atoms with van der Waals surface area (Å²) in [6.45, 7) is -0.257. The van der Waals surface area contributed by atoms with E-state index in [1.54, 1.807) is 6.07 Å². The van der Waals surface area contributed by atoms with Crippen LogP contribution in [-0.4, -0.2) is 23.6 Å². The van der Waals surface area contributed by atoms with E-state index < -0.39 is 11.7 Å². The van der Waals surface area contributed by atoms with Crippen molar-refractivity contribution >= 4 is 29.1 Å². The third-order valence-corrected chi connectivity index (χ3v) is 3.92. The summed E-state index contributed by atoms with van der Waals surface area (Å²) < 4.78 is 19.4. The lowest BCUT2D eigenvalue weighted by molar-refractivity contribution is -0.121. The fraction of sp³-hybridized carbons (Fsp3) is 0.125. The van der Waals surface area contributed by atoms with Gasteiger partial charge in [0.25, 0.3) is 11.8 Å². The molecule has 0 fully saturated rings. The molecule has 1 aliphatic rings. The SMILES string of the molecule is O=C(NO)c1ccc2c(c1)N(Cc1cccc(Cl)c1F)C(=O)CO2. The lowest BCUT2D eigenvalue weighted by atomic mass is 10.1. The molecule has 0 radical (unpaired) electrons. The summed E-state index contributed by atoms with van der Waals surface area (Å²) in [6, 6.07) is 8.86. The first-order valence-corrected chi connectivity index (χ1v) is 7.33. The van der Waals surface area contributed by atoms with Gasteiger partial charge in [0.15, 0.2) is 6.61 Å². The van der Waals surface area contributed by atoms with Crippen LogP contribution in [0.1, 0.15) is 15.9 Å². The molecule has 124 valence electrons. The zero-order chi connectivity index (χ0) is 17.3. The Morgan fingerprint density at radius 1 is 1.38 bits per heavy atom. The van der Waals surface area contributed by atoms with Crippen molar-refractivity contribution in [3.63, 3.8) is 0 Å². The molecular formula is C16H12ClFN2O4. The van der Waals surface area contributed by atoms with Gasteiger partial charge in [0.1, 0.15) is 11.6 Å². The maximum Gasteiger partial charge on any atom is 0.274 e. The Morgan fingerprint density at radius 3 is 2.92 bits per heavy atom. The second kappa shape index (κ2) is 6.46. The van der Waals surface area contributed by atoms with Gasteiger partial charge in [0.05, 0.1) is 17.3 Å². The van der Waals surface area contributed by atoms with Gasteiger partial charge < -0.3 is 9.64 Å². The Labute approximate surface area is 141 Å². The summed E-state index contributed by atoms with van der Waals surface area (Å²) in [5, 5.41) is 8.70. The van der Waals surface area contributed by atoms with Crippen molar-refractivity contribution in [2.45, 2.75) is 6.54 Å². The van der Waals surface area contributed by atoms with E-state index in [1.165, 1.54) is 40.7 Å². The molecule has 0 aliphatic carbocycles. The fourth-order valence-corrected chi connectivity index (χ4v) is 2.62. The van der Waals surface area contributed by atoms with Crippen LogP contribution in [0.4, 0.5) is 10.1 Å². The Hall–Kier alpha value is -2.64. The van der Waals surface area contributed by atoms with Gasteiger partial charge in [0, 0.05) is 11.1 Å². The van der Waals surface area contributed by atoms with Crippen molar-refractivity contribution in [3.05, 3.63) is 58.4 Å². The van der Waals surface area contributed by atoms with Gasteiger partial charge in [-0.25, -0.2) is 9.87 Å². The number of fused-ring (bicyclic) bond motifs is 1. The number of ether oxygens (including phenoxy) is 1. The predicted molar refractivity (Wildman–Crippen MR) is 83.8 cm³/mol. The summed E-state index contributed by atoms with van der Waals surface area (Å²) >= 11 is 5.77. The molecule has 0 unspecified atom stereocenters. The van der Waals surface area contributed by atoms with Crippen LogP contribution >= 0.6 is 11.6 Å². The number of carbonyl (C=O) groups is 2. The number of anilines is 1. The van der Waals surface area contributed by atoms with Crippen LogP contribution in [0.3, 0.4) is 0 Å². The standard InChI is InChI=1S/C16H12ClFN2O4/c17-11-3-1-2-10(15(11)18)7-20-12-6-9(16(22)19-23)4-5-13(12)24-8-14(20)21/h1-6,23H,7-8H2,(H,19,22). The number of halogens is 2. The summed E-state index contributed by atoms with van der Waals surface area (Å²) in [5.41, 5.74) is 2.20. The van der Waals surface area contributed by atoms with Crippen molar-refractivity contribution in [1.29, 1.82) is 0 Å². The van der Waals surface area contributed by atoms with Crippen molar-refractivity contribution in [3.8, 4) is 5.75 Å². The van der Waals surface area contributed by atoms with Gasteiger partial charge in [0.2, 0.25) is 0 Å². The van der Waals surface area contributed by atoms with E-state index in [2.05, 4.69) is 0 Å². The van der Waals surface area contributed by atoms with Crippen LogP contribution in [0.15, 0.2) is 36.4 Å². The topological polar surface area (TPSA) is 78.9 Å². The smallest absolute Gasteiger partial charge is 0.274 e. The molecule has 0 saturated carbocycles. The zero-order valence-corrected chi connectivity index (χ0v) is 13.0. The number of nitrogens with one attached hydrogen (secondary N) is 1. The molecule has 0 atom stereocenters. The van der Waals surface area contributed by atoms with Gasteiger partial charge >= 0.3 is 0 Å². The van der Waals surface area contributed by atoms with Crippen LogP contribution < -0.4 is 15.1 Å². The second-order valence-corrected chi connectivity index (χ2v) is 5.51. The molecule has 2 aromatic carbocycles. The maximum atomic E-state index is 14.1. The largest absolute Gasteiger partial charge is 0.482 e. The minimum Gasteiger partial charge on any atom is -0.482 e. The zero-order valence-electron chi connectivity index (χ0n) is 12.3. The first-order chi connectivity index (χ1) is 11.5. The Bertz CT molecular complexity index is 828. The van der Waals surface area contributed by atoms with E-state index in [1.807, 2.05) is 0 Å². The molecule has 2 N–H and O–H groups in total. The first kappa shape index (κ1) is 16.2. The fourth-order valence-electron chi connectivity index (χ4n) is 2.42. The van der Waals surface area contributed by atoms with Gasteiger partial charge in [-0.2, -0.15) is 0 Å². The third kappa shape index (κ3) is 2.91. The number of amides is 2. The van der Waals surface area contributed by atoms with Crippen LogP contribution in [0.5, 0.6) is 5.75 Å². The number of rotatable bonds is 3. The van der Waals surface area contributed by atoms with Crippen molar-refractivity contribution < 1.29 is 23.9 Å². The summed E-state index contributed by atoms with van der Waals surface area (Å²) in [6.07, 6.45) is 0. The molecule has 8 heteroatoms. The molecular weight excluding hydrogens is 339 g/mol. The van der Waals surface area contributed by atoms with Gasteiger partial charge in [-0.3, -0.25) is 14.8 Å². The molecule has 0 aromatic heterocycles. The maximum absolute atomic E-state index is 14.1. The number of benzene rings is 2. The quantitative estimate of drug-likeness (QED) is 0.658. The van der Waals surface area contributed by atoms with E-state index in [9.17, 15) is 14.0 Å². The Morgan fingerprint density at radius 2 is 2.17 bits per heavy atom. The Kier molecular flexibility index (Phi) is 4.37. The van der Waals surface area contributed by atoms with Gasteiger partial charge in [-0.1, -0.05) is 23.7 Å². The molecule has 1 aliphatic heterocycles. The van der Waals surface area contributed by atoms with E-state index in [4.69, 9.17) is 21.5 Å². The van der Waals surface area contributed by atoms with Gasteiger partial charge in [-0.05, 0) is 24.3 Å². The Balaban J connectivity index is 2.01. The van der Waals surface area contributed by atoms with Crippen LogP contribution in [-0.2, 0) is 11.3 Å². The number of carbonyl (C=O) groups excluding carboxylic acids is 2. The summed E-state index contributed by atoms with van der Waals surface area (Å²) in [7, 11) is 0. The lowest BCUT2D eigenvalue weighted by Gasteiger charge is -2.30. The molecule has 6 nitrogen and oxygen atoms in total. The minimum absolute atomic E-state index is 0.0400. The minimum atomic E-state index is -0.732. The number of hydroxylamine groups is 1. The van der Waals surface area contributed by atoms with Crippen molar-refractivity contribution in [2.24, 2.45) is 0 Å². The van der Waals surface area contributed by atoms with Crippen LogP contribution in [0, 0.1) is 5.82 Å². The molecule has 1 heterocycles. The molecule has 2 aromatic rings. The van der Waals surface area contributed by atoms with E-state index in [0.29, 0.717) is 11.4 Å². The van der Waals surface area contributed by atoms with Crippen LogP contribution in [0.25, 0.3) is 0 Å². The normalized spacial score (nSPS) is 13.3. The molecule has 0 saturated heterocycles. The molecule has 2 amide bonds. The predicted octanol–water partition coefficient (Wildman–Crippen LogP) is 2.52. The molecule has 3 rings (SSSR count). The highest BCUT2D eigenvalue weighted by molar-refractivity contribution is 6.30. The van der Waals surface area contributed by atoms with E-state index >= 15 is 0 Å².